The zero-order valence-corrected chi connectivity index (χ0v) is 16.4. The molecular weight excluding hydrogens is 410 g/mol. The number of aryl methyl sites for hydroxylation is 1. The number of halogens is 1. The molecule has 1 aliphatic heterocycles. The molecule has 0 radical (unpaired) electrons. The van der Waals surface area contributed by atoms with Crippen LogP contribution in [0.2, 0.25) is 0 Å². The number of carbonyl (C=O) groups excluding carboxylic acids is 1. The normalized spacial score (nSPS) is 14.4. The van der Waals surface area contributed by atoms with Crippen molar-refractivity contribution in [2.75, 3.05) is 31.1 Å². The first-order valence-electron chi connectivity index (χ1n) is 8.63. The highest BCUT2D eigenvalue weighted by atomic mass is 79.9. The average molecular weight is 428 g/mol. The average Bonchev–Trinajstić information content (AvgIpc) is 3.10. The molecule has 1 fully saturated rings. The van der Waals surface area contributed by atoms with Crippen molar-refractivity contribution in [2.45, 2.75) is 6.92 Å². The first kappa shape index (κ1) is 17.6. The van der Waals surface area contributed by atoms with Gasteiger partial charge >= 0.3 is 0 Å². The van der Waals surface area contributed by atoms with Crippen LogP contribution in [0.1, 0.15) is 16.2 Å². The molecule has 8 nitrogen and oxygen atoms in total. The summed E-state index contributed by atoms with van der Waals surface area (Å²) in [7, 11) is 0. The number of carbonyl (C=O) groups is 1. The second-order valence-electron chi connectivity index (χ2n) is 6.24. The Hall–Kier alpha value is -2.81. The van der Waals surface area contributed by atoms with E-state index in [9.17, 15) is 4.79 Å². The van der Waals surface area contributed by atoms with Crippen LogP contribution in [0.15, 0.2) is 47.2 Å². The van der Waals surface area contributed by atoms with E-state index in [1.807, 2.05) is 42.2 Å². The van der Waals surface area contributed by atoms with E-state index in [4.69, 9.17) is 0 Å². The van der Waals surface area contributed by atoms with Crippen LogP contribution in [0.5, 0.6) is 0 Å². The summed E-state index contributed by atoms with van der Waals surface area (Å²) in [5.74, 6) is 0.586. The minimum Gasteiger partial charge on any atom is -0.337 e. The number of hydrogen-bond donors (Lipinski definition) is 0. The van der Waals surface area contributed by atoms with Gasteiger partial charge in [-0.15, -0.1) is 5.10 Å². The van der Waals surface area contributed by atoms with Crippen LogP contribution in [0, 0.1) is 6.92 Å². The van der Waals surface area contributed by atoms with E-state index < -0.39 is 0 Å². The van der Waals surface area contributed by atoms with Gasteiger partial charge in [0.2, 0.25) is 5.95 Å². The molecule has 1 aromatic carbocycles. The second-order valence-corrected chi connectivity index (χ2v) is 7.16. The van der Waals surface area contributed by atoms with Gasteiger partial charge in [-0.3, -0.25) is 4.79 Å². The van der Waals surface area contributed by atoms with Crippen molar-refractivity contribution < 1.29 is 4.79 Å². The number of piperazine rings is 1. The van der Waals surface area contributed by atoms with Crippen LogP contribution in [0.4, 0.5) is 5.95 Å². The van der Waals surface area contributed by atoms with Crippen molar-refractivity contribution in [1.82, 2.24) is 29.9 Å². The first-order valence-corrected chi connectivity index (χ1v) is 9.42. The van der Waals surface area contributed by atoms with Gasteiger partial charge in [-0.25, -0.2) is 9.97 Å². The number of rotatable bonds is 3. The quantitative estimate of drug-likeness (QED) is 0.636. The highest BCUT2D eigenvalue weighted by molar-refractivity contribution is 9.10. The molecule has 0 spiro atoms. The van der Waals surface area contributed by atoms with E-state index >= 15 is 0 Å². The number of anilines is 1. The van der Waals surface area contributed by atoms with Gasteiger partial charge in [-0.2, -0.15) is 9.90 Å². The Morgan fingerprint density at radius 3 is 2.33 bits per heavy atom. The van der Waals surface area contributed by atoms with Crippen molar-refractivity contribution in [1.29, 1.82) is 0 Å². The molecule has 0 unspecified atom stereocenters. The summed E-state index contributed by atoms with van der Waals surface area (Å²) in [6, 6.07) is 9.58. The molecule has 0 saturated carbocycles. The van der Waals surface area contributed by atoms with Crippen LogP contribution in [-0.4, -0.2) is 61.9 Å². The lowest BCUT2D eigenvalue weighted by Gasteiger charge is -2.34. The van der Waals surface area contributed by atoms with Gasteiger partial charge in [-0.05, 0) is 35.0 Å². The second kappa shape index (κ2) is 7.43. The van der Waals surface area contributed by atoms with Gasteiger partial charge in [0.1, 0.15) is 0 Å². The lowest BCUT2D eigenvalue weighted by Crippen LogP contribution is -2.49. The first-order chi connectivity index (χ1) is 13.1. The third-order valence-corrected chi connectivity index (χ3v) is 4.84. The molecule has 0 N–H and O–H groups in total. The van der Waals surface area contributed by atoms with Gasteiger partial charge in [-0.1, -0.05) is 18.2 Å². The summed E-state index contributed by atoms with van der Waals surface area (Å²) in [6.45, 7) is 4.36. The Kier molecular flexibility index (Phi) is 4.85. The minimum atomic E-state index is -0.0916. The molecule has 9 heteroatoms. The highest BCUT2D eigenvalue weighted by Gasteiger charge is 2.27. The number of amides is 1. The fourth-order valence-electron chi connectivity index (χ4n) is 2.98. The van der Waals surface area contributed by atoms with Gasteiger partial charge in [0, 0.05) is 38.6 Å². The lowest BCUT2D eigenvalue weighted by atomic mass is 10.2. The Morgan fingerprint density at radius 2 is 1.67 bits per heavy atom. The molecule has 1 amide bonds. The Balaban J connectivity index is 1.45. The molecule has 3 heterocycles. The fourth-order valence-corrected chi connectivity index (χ4v) is 3.19. The summed E-state index contributed by atoms with van der Waals surface area (Å²) < 4.78 is 0.844. The summed E-state index contributed by atoms with van der Waals surface area (Å²) in [5, 5.41) is 8.80. The zero-order chi connectivity index (χ0) is 18.8. The van der Waals surface area contributed by atoms with Crippen molar-refractivity contribution >= 4 is 27.8 Å². The number of hydrogen-bond acceptors (Lipinski definition) is 6. The maximum atomic E-state index is 12.9. The fraction of sp³-hybridized carbons (Fsp3) is 0.278. The molecular formula is C18H18BrN7O. The topological polar surface area (TPSA) is 80.0 Å². The predicted octanol–water partition coefficient (Wildman–Crippen LogP) is 2.09. The van der Waals surface area contributed by atoms with E-state index in [-0.39, 0.29) is 5.91 Å². The molecule has 27 heavy (non-hydrogen) atoms. The number of aromatic nitrogens is 5. The third kappa shape index (κ3) is 3.68. The summed E-state index contributed by atoms with van der Waals surface area (Å²) in [4.78, 5) is 26.9. The van der Waals surface area contributed by atoms with E-state index in [0.29, 0.717) is 43.5 Å². The molecule has 138 valence electrons. The van der Waals surface area contributed by atoms with Crippen LogP contribution in [-0.2, 0) is 0 Å². The molecule has 1 aliphatic rings. The van der Waals surface area contributed by atoms with E-state index in [0.717, 1.165) is 10.2 Å². The lowest BCUT2D eigenvalue weighted by molar-refractivity contribution is 0.0739. The molecule has 0 atom stereocenters. The van der Waals surface area contributed by atoms with Crippen molar-refractivity contribution in [2.24, 2.45) is 0 Å². The van der Waals surface area contributed by atoms with E-state index in [1.54, 1.807) is 12.4 Å². The van der Waals surface area contributed by atoms with Crippen LogP contribution in [0.3, 0.4) is 0 Å². The zero-order valence-electron chi connectivity index (χ0n) is 14.8. The van der Waals surface area contributed by atoms with Gasteiger partial charge in [0.25, 0.3) is 5.91 Å². The number of nitrogens with zero attached hydrogens (tertiary/aromatic N) is 7. The Bertz CT molecular complexity index is 934. The molecule has 0 bridgehead atoms. The van der Waals surface area contributed by atoms with E-state index in [1.165, 1.54) is 4.80 Å². The summed E-state index contributed by atoms with van der Waals surface area (Å²) >= 11 is 3.34. The molecule has 4 rings (SSSR count). The predicted molar refractivity (Wildman–Crippen MR) is 104 cm³/mol. The summed E-state index contributed by atoms with van der Waals surface area (Å²) in [6.07, 6.45) is 3.45. The summed E-state index contributed by atoms with van der Waals surface area (Å²) in [5.41, 5.74) is 1.85. The highest BCUT2D eigenvalue weighted by Crippen LogP contribution is 2.16. The largest absolute Gasteiger partial charge is 0.337 e. The number of para-hydroxylation sites is 1. The van der Waals surface area contributed by atoms with Crippen molar-refractivity contribution in [3.63, 3.8) is 0 Å². The number of benzene rings is 1. The Labute approximate surface area is 165 Å². The minimum absolute atomic E-state index is 0.0916. The van der Waals surface area contributed by atoms with Crippen molar-refractivity contribution in [3.8, 4) is 5.69 Å². The molecule has 2 aromatic heterocycles. The third-order valence-electron chi connectivity index (χ3n) is 4.43. The SMILES string of the molecule is Cc1nn(-c2ccccc2)nc1C(=O)N1CCN(c2ncc(Br)cn2)CC1. The monoisotopic (exact) mass is 427 g/mol. The molecule has 3 aromatic rings. The van der Waals surface area contributed by atoms with Crippen LogP contribution < -0.4 is 4.90 Å². The maximum absolute atomic E-state index is 12.9. The molecule has 1 saturated heterocycles. The van der Waals surface area contributed by atoms with Crippen molar-refractivity contribution in [3.05, 3.63) is 58.6 Å². The molecule has 0 aliphatic carbocycles. The maximum Gasteiger partial charge on any atom is 0.276 e. The van der Waals surface area contributed by atoms with Gasteiger partial charge < -0.3 is 9.80 Å². The van der Waals surface area contributed by atoms with Crippen LogP contribution in [0.25, 0.3) is 5.69 Å². The Morgan fingerprint density at radius 1 is 1.00 bits per heavy atom. The standard InChI is InChI=1S/C18H18BrN7O/c1-13-16(23-26(22-13)15-5-3-2-4-6-15)17(27)24-7-9-25(10-8-24)18-20-11-14(19)12-21-18/h2-6,11-12H,7-10H2,1H3. The van der Waals surface area contributed by atoms with Gasteiger partial charge in [0.15, 0.2) is 5.69 Å². The smallest absolute Gasteiger partial charge is 0.276 e. The van der Waals surface area contributed by atoms with Gasteiger partial charge in [0.05, 0.1) is 15.9 Å². The van der Waals surface area contributed by atoms with Crippen LogP contribution >= 0.6 is 15.9 Å². The van der Waals surface area contributed by atoms with E-state index in [2.05, 4.69) is 41.0 Å².